The molecule has 1 amide bonds. The number of rotatable bonds is 2. The maximum absolute atomic E-state index is 14.0. The molecule has 2 atom stereocenters. The number of alkyl halides is 3. The Bertz CT molecular complexity index is 1450. The van der Waals surface area contributed by atoms with Gasteiger partial charge in [0.2, 0.25) is 0 Å². The van der Waals surface area contributed by atoms with E-state index in [0.717, 1.165) is 35.4 Å². The van der Waals surface area contributed by atoms with Crippen LogP contribution in [0, 0.1) is 0 Å². The average molecular weight is 477 g/mol. The number of pyridine rings is 2. The second kappa shape index (κ2) is 7.90. The van der Waals surface area contributed by atoms with Gasteiger partial charge in [0.25, 0.3) is 5.91 Å². The molecule has 6 nitrogen and oxygen atoms in total. The lowest BCUT2D eigenvalue weighted by Crippen LogP contribution is -2.50. The van der Waals surface area contributed by atoms with Crippen molar-refractivity contribution in [3.8, 4) is 11.3 Å². The van der Waals surface area contributed by atoms with Crippen LogP contribution in [0.1, 0.15) is 52.6 Å². The van der Waals surface area contributed by atoms with Crippen molar-refractivity contribution >= 4 is 16.9 Å². The third-order valence-electron chi connectivity index (χ3n) is 7.05. The van der Waals surface area contributed by atoms with Crippen molar-refractivity contribution in [2.45, 2.75) is 43.9 Å². The molecule has 0 aliphatic carbocycles. The van der Waals surface area contributed by atoms with E-state index in [-0.39, 0.29) is 17.7 Å². The third kappa shape index (κ3) is 3.48. The minimum atomic E-state index is -4.78. The van der Waals surface area contributed by atoms with Crippen molar-refractivity contribution in [3.63, 3.8) is 0 Å². The highest BCUT2D eigenvalue weighted by atomic mass is 19.4. The number of carbonyl (C=O) groups excluding carboxylic acids is 1. The van der Waals surface area contributed by atoms with E-state index < -0.39 is 23.3 Å². The number of hydrogen-bond donors (Lipinski definition) is 0. The molecule has 0 spiro atoms. The molecule has 9 heteroatoms. The second-order valence-electron chi connectivity index (χ2n) is 9.15. The zero-order chi connectivity index (χ0) is 24.3. The van der Waals surface area contributed by atoms with Crippen LogP contribution in [0.5, 0.6) is 0 Å². The molecule has 1 aromatic carbocycles. The first-order valence-corrected chi connectivity index (χ1v) is 11.6. The average Bonchev–Trinajstić information content (AvgIpc) is 3.18. The molecule has 3 aromatic heterocycles. The Morgan fingerprint density at radius 3 is 2.66 bits per heavy atom. The lowest BCUT2D eigenvalue weighted by molar-refractivity contribution is -0.141. The molecule has 35 heavy (non-hydrogen) atoms. The number of nitrogens with zero attached hydrogens (tertiary/aromatic N) is 5. The molecule has 4 aromatic rings. The van der Waals surface area contributed by atoms with E-state index in [1.165, 1.54) is 12.3 Å². The van der Waals surface area contributed by atoms with E-state index in [9.17, 15) is 18.0 Å². The van der Waals surface area contributed by atoms with Crippen molar-refractivity contribution in [3.05, 3.63) is 77.2 Å². The summed E-state index contributed by atoms with van der Waals surface area (Å²) in [5.41, 5.74) is 2.23. The quantitative estimate of drug-likeness (QED) is 0.391. The van der Waals surface area contributed by atoms with E-state index >= 15 is 0 Å². The van der Waals surface area contributed by atoms with Crippen LogP contribution in [0.15, 0.2) is 54.7 Å². The molecule has 0 radical (unpaired) electrons. The van der Waals surface area contributed by atoms with Gasteiger partial charge < -0.3 is 4.90 Å². The van der Waals surface area contributed by atoms with Gasteiger partial charge in [-0.25, -0.2) is 9.97 Å². The number of piperidine rings is 1. The SMILES string of the molecule is Cn1nc2c(c1-c1ccccc1)C[C@H]1CCC[C@@H]2N1C(=O)c1cc2cccnc2nc1C(F)(F)F. The topological polar surface area (TPSA) is 63.9 Å². The van der Waals surface area contributed by atoms with Crippen molar-refractivity contribution < 1.29 is 18.0 Å². The fourth-order valence-corrected chi connectivity index (χ4v) is 5.63. The number of fused-ring (bicyclic) bond motifs is 5. The number of aryl methyl sites for hydroxylation is 1. The number of carbonyl (C=O) groups is 1. The molecule has 1 fully saturated rings. The number of benzene rings is 1. The molecule has 2 aliphatic rings. The molecule has 5 heterocycles. The normalized spacial score (nSPS) is 19.6. The maximum Gasteiger partial charge on any atom is 0.434 e. The van der Waals surface area contributed by atoms with Crippen molar-refractivity contribution in [1.29, 1.82) is 0 Å². The van der Waals surface area contributed by atoms with E-state index in [1.807, 2.05) is 42.1 Å². The fraction of sp³-hybridized carbons (Fsp3) is 0.308. The molecule has 1 saturated heterocycles. The van der Waals surface area contributed by atoms with Gasteiger partial charge in [-0.05, 0) is 43.9 Å². The van der Waals surface area contributed by atoms with E-state index in [1.54, 1.807) is 17.0 Å². The second-order valence-corrected chi connectivity index (χ2v) is 9.15. The van der Waals surface area contributed by atoms with Crippen LogP contribution in [-0.4, -0.2) is 36.6 Å². The summed E-state index contributed by atoms with van der Waals surface area (Å²) < 4.78 is 43.8. The Morgan fingerprint density at radius 2 is 1.89 bits per heavy atom. The Hall–Kier alpha value is -3.75. The number of amides is 1. The molecule has 178 valence electrons. The van der Waals surface area contributed by atoms with Crippen LogP contribution in [0.2, 0.25) is 0 Å². The first kappa shape index (κ1) is 21.8. The molecule has 0 unspecified atom stereocenters. The summed E-state index contributed by atoms with van der Waals surface area (Å²) >= 11 is 0. The van der Waals surface area contributed by atoms with Crippen LogP contribution >= 0.6 is 0 Å². The summed E-state index contributed by atoms with van der Waals surface area (Å²) in [5.74, 6) is -0.650. The molecule has 2 bridgehead atoms. The summed E-state index contributed by atoms with van der Waals surface area (Å²) in [6.07, 6.45) is -0.558. The van der Waals surface area contributed by atoms with Gasteiger partial charge in [0.05, 0.1) is 23.0 Å². The highest BCUT2D eigenvalue weighted by Crippen LogP contribution is 2.45. The molecular formula is C26H22F3N5O. The van der Waals surface area contributed by atoms with E-state index in [4.69, 9.17) is 5.10 Å². The summed E-state index contributed by atoms with van der Waals surface area (Å²) in [4.78, 5) is 23.2. The molecule has 0 N–H and O–H groups in total. The Kier molecular flexibility index (Phi) is 4.91. The Balaban J connectivity index is 1.47. The van der Waals surface area contributed by atoms with Gasteiger partial charge in [-0.1, -0.05) is 30.3 Å². The summed E-state index contributed by atoms with van der Waals surface area (Å²) in [7, 11) is 1.87. The van der Waals surface area contributed by atoms with Gasteiger partial charge in [0, 0.05) is 35.8 Å². The van der Waals surface area contributed by atoms with E-state index in [2.05, 4.69) is 9.97 Å². The highest BCUT2D eigenvalue weighted by molar-refractivity contribution is 5.99. The number of aromatic nitrogens is 4. The fourth-order valence-electron chi connectivity index (χ4n) is 5.63. The van der Waals surface area contributed by atoms with Crippen molar-refractivity contribution in [2.24, 2.45) is 7.05 Å². The highest BCUT2D eigenvalue weighted by Gasteiger charge is 2.46. The van der Waals surface area contributed by atoms with Gasteiger partial charge in [-0.15, -0.1) is 0 Å². The van der Waals surface area contributed by atoms with Gasteiger partial charge in [-0.2, -0.15) is 18.3 Å². The lowest BCUT2D eigenvalue weighted by atomic mass is 9.81. The van der Waals surface area contributed by atoms with Crippen LogP contribution in [0.3, 0.4) is 0 Å². The number of halogens is 3. The Morgan fingerprint density at radius 1 is 1.09 bits per heavy atom. The molecular weight excluding hydrogens is 455 g/mol. The first-order chi connectivity index (χ1) is 16.8. The van der Waals surface area contributed by atoms with Gasteiger partial charge in [0.15, 0.2) is 11.3 Å². The first-order valence-electron chi connectivity index (χ1n) is 11.6. The van der Waals surface area contributed by atoms with Crippen LogP contribution in [0.25, 0.3) is 22.3 Å². The standard InChI is InChI=1S/C26H22F3N5O/c1-33-22(15-7-3-2-4-8-15)18-14-17-10-5-11-20(21(18)32-33)34(17)25(35)19-13-16-9-6-12-30-24(16)31-23(19)26(27,28)29/h2-4,6-9,12-13,17,20H,5,10-11,14H2,1H3/t17-,20+/m1/s1. The van der Waals surface area contributed by atoms with Crippen LogP contribution in [0.4, 0.5) is 13.2 Å². The minimum absolute atomic E-state index is 0.0327. The molecule has 6 rings (SSSR count). The van der Waals surface area contributed by atoms with Crippen LogP contribution in [-0.2, 0) is 19.6 Å². The van der Waals surface area contributed by atoms with Crippen molar-refractivity contribution in [2.75, 3.05) is 0 Å². The number of hydrogen-bond acceptors (Lipinski definition) is 4. The summed E-state index contributed by atoms with van der Waals surface area (Å²) in [6, 6.07) is 13.9. The van der Waals surface area contributed by atoms with Crippen LogP contribution < -0.4 is 0 Å². The smallest absolute Gasteiger partial charge is 0.327 e. The van der Waals surface area contributed by atoms with Gasteiger partial charge >= 0.3 is 6.18 Å². The predicted octanol–water partition coefficient (Wildman–Crippen LogP) is 5.34. The van der Waals surface area contributed by atoms with E-state index in [0.29, 0.717) is 18.2 Å². The Labute approximate surface area is 199 Å². The minimum Gasteiger partial charge on any atom is -0.327 e. The van der Waals surface area contributed by atoms with Crippen molar-refractivity contribution in [1.82, 2.24) is 24.6 Å². The third-order valence-corrected chi connectivity index (χ3v) is 7.05. The molecule has 2 aliphatic heterocycles. The monoisotopic (exact) mass is 477 g/mol. The lowest BCUT2D eigenvalue weighted by Gasteiger charge is -2.45. The summed E-state index contributed by atoms with van der Waals surface area (Å²) in [5, 5.41) is 5.17. The summed E-state index contributed by atoms with van der Waals surface area (Å²) in [6.45, 7) is 0. The largest absolute Gasteiger partial charge is 0.434 e. The predicted molar refractivity (Wildman–Crippen MR) is 123 cm³/mol. The zero-order valence-corrected chi connectivity index (χ0v) is 19.0. The van der Waals surface area contributed by atoms with Gasteiger partial charge in [0.1, 0.15) is 0 Å². The zero-order valence-electron chi connectivity index (χ0n) is 19.0. The molecule has 0 saturated carbocycles. The van der Waals surface area contributed by atoms with Gasteiger partial charge in [-0.3, -0.25) is 9.48 Å². The maximum atomic E-state index is 14.0.